The fraction of sp³-hybridized carbons (Fsp3) is 0.200. The molecule has 2 rings (SSSR count). The number of nitrogens with one attached hydrogen (secondary N) is 1. The summed E-state index contributed by atoms with van der Waals surface area (Å²) in [6.07, 6.45) is -3.99. The molecule has 1 aromatic heterocycles. The lowest BCUT2D eigenvalue weighted by Gasteiger charge is -2.09. The molecule has 0 saturated carbocycles. The molecule has 0 fully saturated rings. The number of alkyl halides is 3. The predicted octanol–water partition coefficient (Wildman–Crippen LogP) is 4.02. The van der Waals surface area contributed by atoms with Gasteiger partial charge in [-0.25, -0.2) is 0 Å². The van der Waals surface area contributed by atoms with Crippen molar-refractivity contribution in [3.8, 4) is 11.1 Å². The summed E-state index contributed by atoms with van der Waals surface area (Å²) in [5.41, 5.74) is 0.346. The Labute approximate surface area is 118 Å². The number of ketones is 1. The molecule has 3 nitrogen and oxygen atoms in total. The van der Waals surface area contributed by atoms with Crippen molar-refractivity contribution in [1.29, 1.82) is 0 Å². The molecular formula is C15H12F3NO2. The molecule has 0 unspecified atom stereocenters. The fourth-order valence-corrected chi connectivity index (χ4v) is 2.33. The van der Waals surface area contributed by atoms with E-state index in [0.717, 1.165) is 12.1 Å². The van der Waals surface area contributed by atoms with Crippen LogP contribution in [0.1, 0.15) is 39.0 Å². The molecule has 0 aliphatic carbocycles. The molecular weight excluding hydrogens is 283 g/mol. The van der Waals surface area contributed by atoms with Crippen molar-refractivity contribution in [2.45, 2.75) is 20.0 Å². The number of carbonyl (C=O) groups excluding carboxylic acids is 2. The van der Waals surface area contributed by atoms with Gasteiger partial charge < -0.3 is 4.98 Å². The molecule has 0 spiro atoms. The summed E-state index contributed by atoms with van der Waals surface area (Å²) in [6, 6.07) is 4.56. The van der Waals surface area contributed by atoms with Crippen molar-refractivity contribution in [2.24, 2.45) is 0 Å². The molecule has 0 atom stereocenters. The molecule has 21 heavy (non-hydrogen) atoms. The van der Waals surface area contributed by atoms with Crippen LogP contribution in [0.2, 0.25) is 0 Å². The summed E-state index contributed by atoms with van der Waals surface area (Å²) in [5.74, 6) is -0.315. The van der Waals surface area contributed by atoms with E-state index in [0.29, 0.717) is 12.0 Å². The van der Waals surface area contributed by atoms with Crippen LogP contribution in [0.5, 0.6) is 0 Å². The van der Waals surface area contributed by atoms with Gasteiger partial charge in [0.05, 0.1) is 11.3 Å². The number of aryl methyl sites for hydroxylation is 1. The fourth-order valence-electron chi connectivity index (χ4n) is 2.33. The largest absolute Gasteiger partial charge is 0.416 e. The van der Waals surface area contributed by atoms with Crippen molar-refractivity contribution in [3.05, 3.63) is 46.8 Å². The molecule has 0 saturated heterocycles. The molecule has 1 heterocycles. The SMILES string of the molecule is CC(=O)c1c(C)[nH]c(C=O)c1-c1cccc(C(F)(F)F)c1. The summed E-state index contributed by atoms with van der Waals surface area (Å²) < 4.78 is 38.4. The number of H-pyrrole nitrogens is 1. The summed E-state index contributed by atoms with van der Waals surface area (Å²) >= 11 is 0. The van der Waals surface area contributed by atoms with Gasteiger partial charge in [0.2, 0.25) is 0 Å². The number of aromatic nitrogens is 1. The Kier molecular flexibility index (Phi) is 3.72. The van der Waals surface area contributed by atoms with Gasteiger partial charge in [-0.2, -0.15) is 13.2 Å². The zero-order valence-electron chi connectivity index (χ0n) is 11.3. The predicted molar refractivity (Wildman–Crippen MR) is 71.4 cm³/mol. The standard InChI is InChI=1S/C15H12F3NO2/c1-8-13(9(2)21)14(12(7-20)19-8)10-4-3-5-11(6-10)15(16,17)18/h3-7,19H,1-2H3. The Hall–Kier alpha value is -2.37. The molecule has 1 aromatic carbocycles. The van der Waals surface area contributed by atoms with Gasteiger partial charge in [0, 0.05) is 16.8 Å². The van der Waals surface area contributed by atoms with Crippen LogP contribution in [-0.2, 0) is 6.18 Å². The lowest BCUT2D eigenvalue weighted by molar-refractivity contribution is -0.137. The summed E-state index contributed by atoms with van der Waals surface area (Å²) in [5, 5.41) is 0. The lowest BCUT2D eigenvalue weighted by atomic mass is 9.96. The second-order valence-corrected chi connectivity index (χ2v) is 4.67. The van der Waals surface area contributed by atoms with Crippen LogP contribution in [0.3, 0.4) is 0 Å². The Morgan fingerprint density at radius 3 is 2.48 bits per heavy atom. The summed E-state index contributed by atoms with van der Waals surface area (Å²) in [7, 11) is 0. The number of halogens is 3. The smallest absolute Gasteiger partial charge is 0.355 e. The Bertz CT molecular complexity index is 714. The van der Waals surface area contributed by atoms with E-state index >= 15 is 0 Å². The summed E-state index contributed by atoms with van der Waals surface area (Å²) in [6.45, 7) is 2.91. The van der Waals surface area contributed by atoms with E-state index in [2.05, 4.69) is 4.98 Å². The first kappa shape index (κ1) is 15.0. The number of rotatable bonds is 3. The van der Waals surface area contributed by atoms with Crippen LogP contribution < -0.4 is 0 Å². The zero-order valence-corrected chi connectivity index (χ0v) is 11.3. The minimum absolute atomic E-state index is 0.0945. The molecule has 0 amide bonds. The van der Waals surface area contributed by atoms with E-state index in [1.165, 1.54) is 19.1 Å². The Balaban J connectivity index is 2.72. The van der Waals surface area contributed by atoms with Gasteiger partial charge in [0.1, 0.15) is 0 Å². The second-order valence-electron chi connectivity index (χ2n) is 4.67. The third-order valence-electron chi connectivity index (χ3n) is 3.16. The lowest BCUT2D eigenvalue weighted by Crippen LogP contribution is -2.05. The van der Waals surface area contributed by atoms with Gasteiger partial charge in [0.25, 0.3) is 0 Å². The number of aromatic amines is 1. The molecule has 6 heteroatoms. The van der Waals surface area contributed by atoms with Gasteiger partial charge in [-0.3, -0.25) is 9.59 Å². The van der Waals surface area contributed by atoms with Crippen molar-refractivity contribution in [1.82, 2.24) is 4.98 Å². The van der Waals surface area contributed by atoms with Gasteiger partial charge in [-0.15, -0.1) is 0 Å². The highest BCUT2D eigenvalue weighted by Crippen LogP contribution is 2.35. The van der Waals surface area contributed by atoms with E-state index in [1.807, 2.05) is 0 Å². The quantitative estimate of drug-likeness (QED) is 0.686. The summed E-state index contributed by atoms with van der Waals surface area (Å²) in [4.78, 5) is 25.5. The molecule has 0 aliphatic heterocycles. The maximum Gasteiger partial charge on any atom is 0.416 e. The van der Waals surface area contributed by atoms with Crippen molar-refractivity contribution in [3.63, 3.8) is 0 Å². The average molecular weight is 295 g/mol. The van der Waals surface area contributed by atoms with Crippen molar-refractivity contribution < 1.29 is 22.8 Å². The molecule has 0 aliphatic rings. The van der Waals surface area contributed by atoms with E-state index < -0.39 is 11.7 Å². The van der Waals surface area contributed by atoms with Gasteiger partial charge in [-0.05, 0) is 31.5 Å². The molecule has 0 radical (unpaired) electrons. The maximum atomic E-state index is 12.8. The normalized spacial score (nSPS) is 11.5. The number of aldehydes is 1. The molecule has 2 aromatic rings. The van der Waals surface area contributed by atoms with Gasteiger partial charge >= 0.3 is 6.18 Å². The first-order chi connectivity index (χ1) is 9.75. The Morgan fingerprint density at radius 2 is 1.95 bits per heavy atom. The third kappa shape index (κ3) is 2.74. The number of Topliss-reactive ketones (excluding diaryl/α,β-unsaturated/α-hetero) is 1. The minimum atomic E-state index is -4.49. The first-order valence-corrected chi connectivity index (χ1v) is 6.12. The van der Waals surface area contributed by atoms with Crippen LogP contribution in [-0.4, -0.2) is 17.1 Å². The monoisotopic (exact) mass is 295 g/mol. The van der Waals surface area contributed by atoms with E-state index in [1.54, 1.807) is 6.92 Å². The van der Waals surface area contributed by atoms with Crippen molar-refractivity contribution in [2.75, 3.05) is 0 Å². The van der Waals surface area contributed by atoms with E-state index in [9.17, 15) is 22.8 Å². The van der Waals surface area contributed by atoms with Crippen LogP contribution in [0.15, 0.2) is 24.3 Å². The Morgan fingerprint density at radius 1 is 1.29 bits per heavy atom. The van der Waals surface area contributed by atoms with Gasteiger partial charge in [-0.1, -0.05) is 12.1 Å². The van der Waals surface area contributed by atoms with E-state index in [4.69, 9.17) is 0 Å². The second kappa shape index (κ2) is 5.20. The number of hydrogen-bond acceptors (Lipinski definition) is 2. The van der Waals surface area contributed by atoms with Crippen LogP contribution >= 0.6 is 0 Å². The number of carbonyl (C=O) groups is 2. The molecule has 110 valence electrons. The van der Waals surface area contributed by atoms with E-state index in [-0.39, 0.29) is 28.2 Å². The van der Waals surface area contributed by atoms with Gasteiger partial charge in [0.15, 0.2) is 12.1 Å². The average Bonchev–Trinajstić information content (AvgIpc) is 2.74. The highest BCUT2D eigenvalue weighted by molar-refractivity contribution is 6.06. The molecule has 0 bridgehead atoms. The first-order valence-electron chi connectivity index (χ1n) is 6.12. The highest BCUT2D eigenvalue weighted by atomic mass is 19.4. The highest BCUT2D eigenvalue weighted by Gasteiger charge is 2.31. The minimum Gasteiger partial charge on any atom is -0.355 e. The zero-order chi connectivity index (χ0) is 15.8. The topological polar surface area (TPSA) is 49.9 Å². The van der Waals surface area contributed by atoms with Crippen LogP contribution in [0, 0.1) is 6.92 Å². The van der Waals surface area contributed by atoms with Crippen molar-refractivity contribution >= 4 is 12.1 Å². The van der Waals surface area contributed by atoms with Crippen LogP contribution in [0.4, 0.5) is 13.2 Å². The number of hydrogen-bond donors (Lipinski definition) is 1. The number of benzene rings is 1. The van der Waals surface area contributed by atoms with Crippen LogP contribution in [0.25, 0.3) is 11.1 Å². The maximum absolute atomic E-state index is 12.8. The molecule has 1 N–H and O–H groups in total. The third-order valence-corrected chi connectivity index (χ3v) is 3.16.